The predicted octanol–water partition coefficient (Wildman–Crippen LogP) is 6.34. The van der Waals surface area contributed by atoms with E-state index in [9.17, 15) is 0 Å². The van der Waals surface area contributed by atoms with Crippen molar-refractivity contribution < 1.29 is 0 Å². The monoisotopic (exact) mass is 524 g/mol. The van der Waals surface area contributed by atoms with Crippen molar-refractivity contribution in [2.45, 2.75) is 13.5 Å². The first kappa shape index (κ1) is 25.1. The van der Waals surface area contributed by atoms with Gasteiger partial charge < -0.3 is 10.3 Å². The van der Waals surface area contributed by atoms with Gasteiger partial charge >= 0.3 is 0 Å². The Kier molecular flexibility index (Phi) is 7.07. The van der Waals surface area contributed by atoms with Gasteiger partial charge in [0.05, 0.1) is 16.4 Å². The van der Waals surface area contributed by atoms with E-state index in [-0.39, 0.29) is 0 Å². The van der Waals surface area contributed by atoms with Gasteiger partial charge in [0.15, 0.2) is 11.5 Å². The van der Waals surface area contributed by atoms with Crippen LogP contribution in [0.5, 0.6) is 0 Å². The third kappa shape index (κ3) is 5.34. The van der Waals surface area contributed by atoms with E-state index in [0.29, 0.717) is 18.0 Å². The summed E-state index contributed by atoms with van der Waals surface area (Å²) >= 11 is 0. The first-order valence-corrected chi connectivity index (χ1v) is 13.0. The Bertz CT molecular complexity index is 1850. The number of pyridine rings is 2. The minimum absolute atomic E-state index is 0.628. The fraction of sp³-hybridized carbons (Fsp3) is 0.0938. The molecule has 196 valence electrons. The van der Waals surface area contributed by atoms with Gasteiger partial charge in [0.1, 0.15) is 5.69 Å². The molecule has 0 spiro atoms. The van der Waals surface area contributed by atoms with Crippen LogP contribution in [0.2, 0.25) is 0 Å². The van der Waals surface area contributed by atoms with Crippen LogP contribution >= 0.6 is 0 Å². The number of aromatic nitrogens is 6. The minimum atomic E-state index is 0.628. The Morgan fingerprint density at radius 1 is 1.05 bits per heavy atom. The molecule has 0 radical (unpaired) electrons. The van der Waals surface area contributed by atoms with E-state index in [0.717, 1.165) is 56.5 Å². The zero-order chi connectivity index (χ0) is 27.3. The number of hydrogen-bond donors (Lipinski definition) is 3. The molecule has 0 saturated heterocycles. The van der Waals surface area contributed by atoms with Gasteiger partial charge in [0.25, 0.3) is 0 Å². The predicted molar refractivity (Wildman–Crippen MR) is 162 cm³/mol. The second-order valence-corrected chi connectivity index (χ2v) is 9.55. The van der Waals surface area contributed by atoms with Gasteiger partial charge in [-0.1, -0.05) is 49.0 Å². The van der Waals surface area contributed by atoms with Crippen LogP contribution in [0, 0.1) is 0 Å². The Morgan fingerprint density at radius 3 is 2.75 bits per heavy atom. The molecule has 8 nitrogen and oxygen atoms in total. The van der Waals surface area contributed by atoms with Crippen molar-refractivity contribution >= 4 is 33.9 Å². The first-order valence-electron chi connectivity index (χ1n) is 13.0. The molecule has 2 aromatic carbocycles. The fourth-order valence-electron chi connectivity index (χ4n) is 4.55. The van der Waals surface area contributed by atoms with Crippen molar-refractivity contribution in [2.24, 2.45) is 4.99 Å². The number of nitrogens with zero attached hydrogens (tertiary/aromatic N) is 5. The first-order chi connectivity index (χ1) is 19.7. The van der Waals surface area contributed by atoms with Crippen LogP contribution in [-0.2, 0) is 6.54 Å². The third-order valence-corrected chi connectivity index (χ3v) is 6.66. The molecule has 40 heavy (non-hydrogen) atoms. The van der Waals surface area contributed by atoms with Crippen LogP contribution in [0.1, 0.15) is 18.1 Å². The summed E-state index contributed by atoms with van der Waals surface area (Å²) in [6.45, 7) is 7.56. The quantitative estimate of drug-likeness (QED) is 0.191. The van der Waals surface area contributed by atoms with E-state index in [1.807, 2.05) is 61.8 Å². The van der Waals surface area contributed by atoms with Gasteiger partial charge in [0, 0.05) is 49.7 Å². The molecule has 0 amide bonds. The highest BCUT2D eigenvalue weighted by molar-refractivity contribution is 5.97. The average Bonchev–Trinajstić information content (AvgIpc) is 3.62. The topological polar surface area (TPSA) is 108 Å². The van der Waals surface area contributed by atoms with Gasteiger partial charge in [-0.25, -0.2) is 9.97 Å². The Labute approximate surface area is 231 Å². The molecule has 4 heterocycles. The fourth-order valence-corrected chi connectivity index (χ4v) is 4.55. The van der Waals surface area contributed by atoms with Crippen LogP contribution in [0.25, 0.3) is 50.3 Å². The zero-order valence-corrected chi connectivity index (χ0v) is 22.1. The lowest BCUT2D eigenvalue weighted by Crippen LogP contribution is -2.16. The number of H-pyrrole nitrogens is 2. The number of hydrogen-bond acceptors (Lipinski definition) is 6. The van der Waals surface area contributed by atoms with Gasteiger partial charge in [-0.15, -0.1) is 0 Å². The van der Waals surface area contributed by atoms with Crippen molar-refractivity contribution in [3.8, 4) is 22.6 Å². The molecule has 0 unspecified atom stereocenters. The van der Waals surface area contributed by atoms with Crippen molar-refractivity contribution in [3.63, 3.8) is 0 Å². The number of para-hydroxylation sites is 1. The second kappa shape index (κ2) is 11.3. The Hall–Kier alpha value is -5.21. The standard InChI is InChI=1S/C32H28N8/c1-21(17-35-19-23-7-4-3-5-8-23)16-34-18-22(2)25-15-27-30(39-40-31(27)36-20-25)32-37-28-10-6-9-26(29(28)38-32)24-11-13-33-14-12-24/h3-16,18,20,35H,1,17,19H2,2H3,(H,37,38)(H,36,39,40)/b22-18+,34-16?. The number of aromatic amines is 2. The summed E-state index contributed by atoms with van der Waals surface area (Å²) in [6, 6.07) is 22.4. The molecule has 0 aliphatic heterocycles. The van der Waals surface area contributed by atoms with Crippen LogP contribution < -0.4 is 5.32 Å². The lowest BCUT2D eigenvalue weighted by molar-refractivity contribution is 0.753. The van der Waals surface area contributed by atoms with E-state index in [1.54, 1.807) is 18.6 Å². The van der Waals surface area contributed by atoms with E-state index in [1.165, 1.54) is 5.56 Å². The normalized spacial score (nSPS) is 12.1. The van der Waals surface area contributed by atoms with Gasteiger partial charge in [-0.2, -0.15) is 5.10 Å². The molecule has 6 rings (SSSR count). The molecule has 0 saturated carbocycles. The molecule has 8 heteroatoms. The maximum Gasteiger partial charge on any atom is 0.181 e. The number of allylic oxidation sites excluding steroid dienone is 1. The molecular weight excluding hydrogens is 496 g/mol. The van der Waals surface area contributed by atoms with Crippen LogP contribution in [0.4, 0.5) is 0 Å². The Balaban J connectivity index is 1.21. The van der Waals surface area contributed by atoms with Crippen LogP contribution in [0.15, 0.2) is 109 Å². The maximum atomic E-state index is 4.94. The molecule has 6 aromatic rings. The number of aliphatic imine (C=N–C) groups is 1. The summed E-state index contributed by atoms with van der Waals surface area (Å²) in [5.74, 6) is 0.705. The highest BCUT2D eigenvalue weighted by Gasteiger charge is 2.16. The summed E-state index contributed by atoms with van der Waals surface area (Å²) in [7, 11) is 0. The minimum Gasteiger partial charge on any atom is -0.337 e. The number of rotatable bonds is 9. The molecule has 0 bridgehead atoms. The van der Waals surface area contributed by atoms with E-state index in [4.69, 9.17) is 4.98 Å². The average molecular weight is 525 g/mol. The van der Waals surface area contributed by atoms with Crippen molar-refractivity contribution in [3.05, 3.63) is 115 Å². The van der Waals surface area contributed by atoms with E-state index >= 15 is 0 Å². The molecule has 0 aliphatic carbocycles. The SMILES string of the molecule is C=C(C=N/C=C(\C)c1cnc2n[nH]c(-c3nc4c(-c5ccncc5)cccc4[nH]3)c2c1)CNCc1ccccc1. The summed E-state index contributed by atoms with van der Waals surface area (Å²) in [5.41, 5.74) is 9.42. The lowest BCUT2D eigenvalue weighted by Gasteiger charge is -2.04. The second-order valence-electron chi connectivity index (χ2n) is 9.55. The molecule has 0 fully saturated rings. The van der Waals surface area contributed by atoms with Gasteiger partial charge in [-0.05, 0) is 59.0 Å². The van der Waals surface area contributed by atoms with Crippen LogP contribution in [0.3, 0.4) is 0 Å². The third-order valence-electron chi connectivity index (χ3n) is 6.66. The molecule has 0 aliphatic rings. The number of nitrogens with one attached hydrogen (secondary N) is 3. The van der Waals surface area contributed by atoms with Crippen molar-refractivity contribution in [1.82, 2.24) is 35.5 Å². The van der Waals surface area contributed by atoms with E-state index in [2.05, 4.69) is 66.3 Å². The largest absolute Gasteiger partial charge is 0.337 e. The van der Waals surface area contributed by atoms with Crippen molar-refractivity contribution in [2.75, 3.05) is 6.54 Å². The lowest BCUT2D eigenvalue weighted by atomic mass is 10.1. The number of imidazole rings is 1. The zero-order valence-electron chi connectivity index (χ0n) is 22.1. The van der Waals surface area contributed by atoms with Gasteiger partial charge in [0.2, 0.25) is 0 Å². The van der Waals surface area contributed by atoms with E-state index < -0.39 is 0 Å². The number of benzene rings is 2. The maximum absolute atomic E-state index is 4.94. The van der Waals surface area contributed by atoms with Crippen LogP contribution in [-0.4, -0.2) is 42.9 Å². The highest BCUT2D eigenvalue weighted by Crippen LogP contribution is 2.31. The highest BCUT2D eigenvalue weighted by atomic mass is 15.2. The molecule has 4 aromatic heterocycles. The molecule has 3 N–H and O–H groups in total. The molecule has 0 atom stereocenters. The summed E-state index contributed by atoms with van der Waals surface area (Å²) in [6.07, 6.45) is 9.00. The Morgan fingerprint density at radius 2 is 1.90 bits per heavy atom. The summed E-state index contributed by atoms with van der Waals surface area (Å²) in [4.78, 5) is 21.6. The molecular formula is C32H28N8. The smallest absolute Gasteiger partial charge is 0.181 e. The summed E-state index contributed by atoms with van der Waals surface area (Å²) < 4.78 is 0. The van der Waals surface area contributed by atoms with Crippen molar-refractivity contribution in [1.29, 1.82) is 0 Å². The van der Waals surface area contributed by atoms with Gasteiger partial charge in [-0.3, -0.25) is 15.1 Å². The number of fused-ring (bicyclic) bond motifs is 2. The summed E-state index contributed by atoms with van der Waals surface area (Å²) in [5, 5.41) is 11.8.